The Labute approximate surface area is 155 Å². The number of non-ortho nitro benzene ring substituents is 1. The Hall–Kier alpha value is -3.01. The number of nitro benzene ring substituents is 1. The highest BCUT2D eigenvalue weighted by Gasteiger charge is 2.16. The Kier molecular flexibility index (Phi) is 7.68. The summed E-state index contributed by atoms with van der Waals surface area (Å²) in [5.74, 6) is -1.49. The second-order valence-corrected chi connectivity index (χ2v) is 5.91. The lowest BCUT2D eigenvalue weighted by atomic mass is 10.2. The summed E-state index contributed by atoms with van der Waals surface area (Å²) in [6, 6.07) is 5.09. The van der Waals surface area contributed by atoms with Crippen LogP contribution in [0.25, 0.3) is 0 Å². The lowest BCUT2D eigenvalue weighted by Gasteiger charge is -2.11. The molecule has 1 heterocycles. The van der Waals surface area contributed by atoms with Crippen LogP contribution in [0, 0.1) is 10.1 Å². The molecule has 1 saturated heterocycles. The van der Waals surface area contributed by atoms with E-state index in [0.29, 0.717) is 13.2 Å². The van der Waals surface area contributed by atoms with E-state index in [0.717, 1.165) is 12.8 Å². The molecule has 10 heteroatoms. The average molecular weight is 379 g/mol. The van der Waals surface area contributed by atoms with Crippen LogP contribution >= 0.6 is 0 Å². The quantitative estimate of drug-likeness (QED) is 0.363. The molecule has 10 nitrogen and oxygen atoms in total. The number of rotatable bonds is 9. The van der Waals surface area contributed by atoms with Crippen LogP contribution in [-0.2, 0) is 19.1 Å². The summed E-state index contributed by atoms with van der Waals surface area (Å²) in [6.45, 7) is 0.719. The van der Waals surface area contributed by atoms with Crippen LogP contribution in [0.15, 0.2) is 24.3 Å². The molecule has 0 aliphatic carbocycles. The fourth-order valence-corrected chi connectivity index (χ4v) is 2.42. The van der Waals surface area contributed by atoms with Crippen molar-refractivity contribution in [2.24, 2.45) is 0 Å². The van der Waals surface area contributed by atoms with Gasteiger partial charge < -0.3 is 20.1 Å². The molecule has 146 valence electrons. The Morgan fingerprint density at radius 1 is 1.22 bits per heavy atom. The van der Waals surface area contributed by atoms with Gasteiger partial charge in [-0.05, 0) is 25.0 Å². The minimum absolute atomic E-state index is 0.0132. The number of carbonyl (C=O) groups is 3. The number of amides is 2. The van der Waals surface area contributed by atoms with Gasteiger partial charge in [0.15, 0.2) is 6.61 Å². The highest BCUT2D eigenvalue weighted by atomic mass is 16.6. The van der Waals surface area contributed by atoms with Crippen LogP contribution < -0.4 is 10.6 Å². The van der Waals surface area contributed by atoms with E-state index in [4.69, 9.17) is 9.47 Å². The molecule has 1 aromatic carbocycles. The second kappa shape index (κ2) is 10.2. The van der Waals surface area contributed by atoms with Gasteiger partial charge in [0.1, 0.15) is 0 Å². The molecular weight excluding hydrogens is 358 g/mol. The van der Waals surface area contributed by atoms with Gasteiger partial charge in [-0.2, -0.15) is 0 Å². The van der Waals surface area contributed by atoms with E-state index < -0.39 is 22.7 Å². The van der Waals surface area contributed by atoms with Crippen molar-refractivity contribution >= 4 is 23.5 Å². The molecule has 1 aliphatic heterocycles. The van der Waals surface area contributed by atoms with Crippen molar-refractivity contribution in [3.05, 3.63) is 39.9 Å². The largest absolute Gasteiger partial charge is 0.456 e. The summed E-state index contributed by atoms with van der Waals surface area (Å²) in [6.07, 6.45) is 1.78. The molecule has 1 atom stereocenters. The van der Waals surface area contributed by atoms with E-state index >= 15 is 0 Å². The van der Waals surface area contributed by atoms with Crippen molar-refractivity contribution in [3.8, 4) is 0 Å². The van der Waals surface area contributed by atoms with Gasteiger partial charge in [-0.1, -0.05) is 0 Å². The first-order valence-corrected chi connectivity index (χ1v) is 8.52. The molecule has 0 spiro atoms. The zero-order chi connectivity index (χ0) is 19.6. The fraction of sp³-hybridized carbons (Fsp3) is 0.471. The molecule has 0 radical (unpaired) electrons. The van der Waals surface area contributed by atoms with Crippen LogP contribution in [0.2, 0.25) is 0 Å². The van der Waals surface area contributed by atoms with E-state index in [9.17, 15) is 24.5 Å². The molecule has 0 aromatic heterocycles. The normalized spacial score (nSPS) is 15.8. The molecule has 1 aliphatic rings. The van der Waals surface area contributed by atoms with Crippen LogP contribution in [0.3, 0.4) is 0 Å². The van der Waals surface area contributed by atoms with Crippen LogP contribution in [-0.4, -0.2) is 55.1 Å². The molecule has 1 unspecified atom stereocenters. The van der Waals surface area contributed by atoms with Crippen molar-refractivity contribution in [3.63, 3.8) is 0 Å². The molecule has 2 amide bonds. The summed E-state index contributed by atoms with van der Waals surface area (Å²) >= 11 is 0. The van der Waals surface area contributed by atoms with Crippen molar-refractivity contribution in [1.82, 2.24) is 10.6 Å². The number of nitrogens with one attached hydrogen (secondary N) is 2. The van der Waals surface area contributed by atoms with Gasteiger partial charge in [0.25, 0.3) is 17.5 Å². The molecule has 0 bridgehead atoms. The number of hydrogen-bond donors (Lipinski definition) is 2. The Bertz CT molecular complexity index is 684. The Morgan fingerprint density at radius 3 is 2.59 bits per heavy atom. The van der Waals surface area contributed by atoms with E-state index in [1.54, 1.807) is 0 Å². The van der Waals surface area contributed by atoms with Gasteiger partial charge in [-0.3, -0.25) is 24.5 Å². The minimum Gasteiger partial charge on any atom is -0.456 e. The summed E-state index contributed by atoms with van der Waals surface area (Å²) in [5.41, 5.74) is 0.121. The van der Waals surface area contributed by atoms with Crippen molar-refractivity contribution in [1.29, 1.82) is 0 Å². The van der Waals surface area contributed by atoms with Gasteiger partial charge in [-0.15, -0.1) is 0 Å². The van der Waals surface area contributed by atoms with Gasteiger partial charge in [0.2, 0.25) is 0 Å². The maximum atomic E-state index is 11.9. The van der Waals surface area contributed by atoms with Crippen molar-refractivity contribution in [2.45, 2.75) is 25.4 Å². The maximum Gasteiger partial charge on any atom is 0.308 e. The molecular formula is C17H21N3O7. The number of hydrogen-bond acceptors (Lipinski definition) is 7. The van der Waals surface area contributed by atoms with Crippen LogP contribution in [0.1, 0.15) is 29.6 Å². The maximum absolute atomic E-state index is 11.9. The first-order valence-electron chi connectivity index (χ1n) is 8.52. The van der Waals surface area contributed by atoms with E-state index in [2.05, 4.69) is 10.6 Å². The van der Waals surface area contributed by atoms with Gasteiger partial charge in [-0.25, -0.2) is 0 Å². The SMILES string of the molecule is O=C(COC(=O)CCNC(=O)c1ccc([N+](=O)[O-])cc1)NCC1CCCO1. The molecule has 1 aromatic rings. The average Bonchev–Trinajstić information content (AvgIpc) is 3.18. The topological polar surface area (TPSA) is 137 Å². The van der Waals surface area contributed by atoms with Gasteiger partial charge in [0, 0.05) is 37.4 Å². The molecule has 2 N–H and O–H groups in total. The summed E-state index contributed by atoms with van der Waals surface area (Å²) in [7, 11) is 0. The lowest BCUT2D eigenvalue weighted by Crippen LogP contribution is -2.35. The summed E-state index contributed by atoms with van der Waals surface area (Å²) in [5, 5.41) is 15.7. The number of carbonyl (C=O) groups excluding carboxylic acids is 3. The predicted molar refractivity (Wildman–Crippen MR) is 93.0 cm³/mol. The smallest absolute Gasteiger partial charge is 0.308 e. The second-order valence-electron chi connectivity index (χ2n) is 5.91. The molecule has 2 rings (SSSR count). The summed E-state index contributed by atoms with van der Waals surface area (Å²) in [4.78, 5) is 45.1. The highest BCUT2D eigenvalue weighted by Crippen LogP contribution is 2.12. The third kappa shape index (κ3) is 7.02. The third-order valence-corrected chi connectivity index (χ3v) is 3.87. The van der Waals surface area contributed by atoms with Crippen molar-refractivity contribution in [2.75, 3.05) is 26.3 Å². The highest BCUT2D eigenvalue weighted by molar-refractivity contribution is 5.94. The Balaban J connectivity index is 1.59. The number of benzene rings is 1. The predicted octanol–water partition coefficient (Wildman–Crippen LogP) is 0.553. The third-order valence-electron chi connectivity index (χ3n) is 3.87. The van der Waals surface area contributed by atoms with E-state index in [1.807, 2.05) is 0 Å². The standard InChI is InChI=1S/C17H21N3O7/c21-15(19-10-14-2-1-9-26-14)11-27-16(22)7-8-18-17(23)12-3-5-13(6-4-12)20(24)25/h3-6,14H,1-2,7-11H2,(H,18,23)(H,19,21). The van der Waals surface area contributed by atoms with Crippen molar-refractivity contribution < 1.29 is 28.8 Å². The minimum atomic E-state index is -0.619. The van der Waals surface area contributed by atoms with Crippen LogP contribution in [0.5, 0.6) is 0 Å². The fourth-order valence-electron chi connectivity index (χ4n) is 2.42. The van der Waals surface area contributed by atoms with E-state index in [-0.39, 0.29) is 36.9 Å². The lowest BCUT2D eigenvalue weighted by molar-refractivity contribution is -0.384. The number of nitro groups is 1. The Morgan fingerprint density at radius 2 is 1.96 bits per heavy atom. The van der Waals surface area contributed by atoms with E-state index in [1.165, 1.54) is 24.3 Å². The zero-order valence-corrected chi connectivity index (χ0v) is 14.6. The number of nitrogens with zero attached hydrogens (tertiary/aromatic N) is 1. The first kappa shape index (κ1) is 20.3. The monoisotopic (exact) mass is 379 g/mol. The number of esters is 1. The zero-order valence-electron chi connectivity index (χ0n) is 14.6. The van der Waals surface area contributed by atoms with Crippen LogP contribution in [0.4, 0.5) is 5.69 Å². The molecule has 27 heavy (non-hydrogen) atoms. The van der Waals surface area contributed by atoms with Gasteiger partial charge in [0.05, 0.1) is 17.4 Å². The van der Waals surface area contributed by atoms with Gasteiger partial charge >= 0.3 is 5.97 Å². The molecule has 0 saturated carbocycles. The first-order chi connectivity index (χ1) is 13.0. The number of ether oxygens (including phenoxy) is 2. The molecule has 1 fully saturated rings. The summed E-state index contributed by atoms with van der Waals surface area (Å²) < 4.78 is 10.2.